The van der Waals surface area contributed by atoms with E-state index in [9.17, 15) is 9.59 Å². The third-order valence-corrected chi connectivity index (χ3v) is 7.71. The summed E-state index contributed by atoms with van der Waals surface area (Å²) in [4.78, 5) is 27.8. The quantitative estimate of drug-likeness (QED) is 0.336. The maximum Gasteiger partial charge on any atom is 0.316 e. The monoisotopic (exact) mass is 454 g/mol. The largest absolute Gasteiger partial charge is 0.465 e. The molecule has 0 bridgehead atoms. The van der Waals surface area contributed by atoms with Gasteiger partial charge < -0.3 is 4.74 Å². The molecule has 1 aliphatic rings. The molecule has 1 aliphatic carbocycles. The summed E-state index contributed by atoms with van der Waals surface area (Å²) < 4.78 is 8.63. The molecule has 3 heterocycles. The first-order chi connectivity index (χ1) is 15.1. The third kappa shape index (κ3) is 3.45. The molecule has 0 saturated carbocycles. The first-order valence-corrected chi connectivity index (χ1v) is 12.2. The SMILES string of the molecule is CCOC(=O)CSc1nnc2n(-c3ccccc3)c(=O)c3c4c(sc3n12)C[C@H](C)CC4. The van der Waals surface area contributed by atoms with Crippen LogP contribution in [-0.2, 0) is 22.4 Å². The molecule has 0 amide bonds. The molecule has 0 aliphatic heterocycles. The number of esters is 1. The number of para-hydroxylation sites is 1. The van der Waals surface area contributed by atoms with Crippen LogP contribution >= 0.6 is 23.1 Å². The second-order valence-electron chi connectivity index (χ2n) is 7.72. The molecule has 1 aromatic carbocycles. The second-order valence-corrected chi connectivity index (χ2v) is 9.75. The summed E-state index contributed by atoms with van der Waals surface area (Å²) in [6.45, 7) is 4.38. The topological polar surface area (TPSA) is 78.5 Å². The van der Waals surface area contributed by atoms with Gasteiger partial charge in [-0.1, -0.05) is 36.9 Å². The van der Waals surface area contributed by atoms with Gasteiger partial charge in [-0.2, -0.15) is 0 Å². The Hall–Kier alpha value is -2.65. The first kappa shape index (κ1) is 20.3. The zero-order chi connectivity index (χ0) is 21.5. The van der Waals surface area contributed by atoms with Gasteiger partial charge in [0, 0.05) is 4.88 Å². The fourth-order valence-corrected chi connectivity index (χ4v) is 6.42. The third-order valence-electron chi connectivity index (χ3n) is 5.57. The van der Waals surface area contributed by atoms with E-state index in [1.165, 1.54) is 16.6 Å². The number of fused-ring (bicyclic) bond motifs is 5. The Labute approximate surface area is 187 Å². The van der Waals surface area contributed by atoms with Crippen molar-refractivity contribution in [3.63, 3.8) is 0 Å². The van der Waals surface area contributed by atoms with E-state index in [0.717, 1.165) is 40.7 Å². The molecule has 31 heavy (non-hydrogen) atoms. The van der Waals surface area contributed by atoms with E-state index < -0.39 is 0 Å². The van der Waals surface area contributed by atoms with E-state index in [-0.39, 0.29) is 17.3 Å². The summed E-state index contributed by atoms with van der Waals surface area (Å²) in [5.41, 5.74) is 1.85. The van der Waals surface area contributed by atoms with Gasteiger partial charge in [0.25, 0.3) is 5.56 Å². The Balaban J connectivity index is 1.78. The molecular weight excluding hydrogens is 432 g/mol. The highest BCUT2D eigenvalue weighted by Gasteiger charge is 2.27. The molecule has 0 saturated heterocycles. The van der Waals surface area contributed by atoms with Crippen LogP contribution in [0.25, 0.3) is 21.7 Å². The first-order valence-electron chi connectivity index (χ1n) is 10.4. The lowest BCUT2D eigenvalue weighted by Crippen LogP contribution is -2.22. The van der Waals surface area contributed by atoms with E-state index in [4.69, 9.17) is 4.74 Å². The molecule has 4 aromatic rings. The van der Waals surface area contributed by atoms with Crippen LogP contribution < -0.4 is 5.56 Å². The number of nitrogens with zero attached hydrogens (tertiary/aromatic N) is 4. The van der Waals surface area contributed by atoms with Gasteiger partial charge in [-0.05, 0) is 49.8 Å². The smallest absolute Gasteiger partial charge is 0.316 e. The summed E-state index contributed by atoms with van der Waals surface area (Å²) in [5, 5.41) is 10.0. The predicted molar refractivity (Wildman–Crippen MR) is 123 cm³/mol. The van der Waals surface area contributed by atoms with Crippen molar-refractivity contribution in [2.24, 2.45) is 5.92 Å². The highest BCUT2D eigenvalue weighted by atomic mass is 32.2. The molecule has 1 atom stereocenters. The number of carbonyl (C=O) groups is 1. The minimum atomic E-state index is -0.295. The van der Waals surface area contributed by atoms with Crippen molar-refractivity contribution >= 4 is 45.1 Å². The Morgan fingerprint density at radius 3 is 2.87 bits per heavy atom. The van der Waals surface area contributed by atoms with Gasteiger partial charge in [0.1, 0.15) is 4.83 Å². The van der Waals surface area contributed by atoms with Crippen molar-refractivity contribution in [3.05, 3.63) is 51.1 Å². The van der Waals surface area contributed by atoms with Crippen LogP contribution in [0.2, 0.25) is 0 Å². The molecule has 7 nitrogen and oxygen atoms in total. The van der Waals surface area contributed by atoms with E-state index in [0.29, 0.717) is 23.5 Å². The number of rotatable bonds is 5. The standard InChI is InChI=1S/C22H22N4O3S2/c1-3-29-17(27)12-30-22-24-23-21-25(14-7-5-4-6-8-14)19(28)18-15-10-9-13(2)11-16(15)31-20(18)26(21)22/h4-8,13H,3,9-12H2,1-2H3/t13-/m1/s1. The molecule has 9 heteroatoms. The van der Waals surface area contributed by atoms with Crippen LogP contribution in [0.3, 0.4) is 0 Å². The van der Waals surface area contributed by atoms with E-state index >= 15 is 0 Å². The predicted octanol–water partition coefficient (Wildman–Crippen LogP) is 3.87. The van der Waals surface area contributed by atoms with E-state index in [1.54, 1.807) is 22.8 Å². The molecule has 5 rings (SSSR count). The van der Waals surface area contributed by atoms with Crippen molar-refractivity contribution in [1.82, 2.24) is 19.2 Å². The average molecular weight is 455 g/mol. The van der Waals surface area contributed by atoms with Crippen LogP contribution in [-0.4, -0.2) is 37.5 Å². The molecule has 0 radical (unpaired) electrons. The molecule has 0 fully saturated rings. The molecule has 0 spiro atoms. The zero-order valence-electron chi connectivity index (χ0n) is 17.3. The van der Waals surface area contributed by atoms with Crippen LogP contribution in [0.15, 0.2) is 40.3 Å². The number of aryl methyl sites for hydroxylation is 1. The number of thioether (sulfide) groups is 1. The van der Waals surface area contributed by atoms with Crippen LogP contribution in [0.1, 0.15) is 30.7 Å². The summed E-state index contributed by atoms with van der Waals surface area (Å²) in [5.74, 6) is 0.909. The summed E-state index contributed by atoms with van der Waals surface area (Å²) in [7, 11) is 0. The maximum atomic E-state index is 13.7. The van der Waals surface area contributed by atoms with Crippen molar-refractivity contribution in [2.45, 2.75) is 38.3 Å². The normalized spacial score (nSPS) is 16.0. The van der Waals surface area contributed by atoms with Gasteiger partial charge in [0.2, 0.25) is 5.78 Å². The van der Waals surface area contributed by atoms with Gasteiger partial charge >= 0.3 is 5.97 Å². The van der Waals surface area contributed by atoms with Crippen molar-refractivity contribution in [1.29, 1.82) is 0 Å². The molecule has 0 unspecified atom stereocenters. The summed E-state index contributed by atoms with van der Waals surface area (Å²) >= 11 is 2.94. The fraction of sp³-hybridized carbons (Fsp3) is 0.364. The molecule has 0 N–H and O–H groups in total. The minimum Gasteiger partial charge on any atom is -0.465 e. The van der Waals surface area contributed by atoms with E-state index in [2.05, 4.69) is 17.1 Å². The van der Waals surface area contributed by atoms with Gasteiger partial charge in [0.05, 0.1) is 23.4 Å². The average Bonchev–Trinajstić information content (AvgIpc) is 3.34. The maximum absolute atomic E-state index is 13.7. The highest BCUT2D eigenvalue weighted by Crippen LogP contribution is 2.38. The van der Waals surface area contributed by atoms with Crippen molar-refractivity contribution < 1.29 is 9.53 Å². The lowest BCUT2D eigenvalue weighted by molar-refractivity contribution is -0.139. The summed E-state index contributed by atoms with van der Waals surface area (Å²) in [6.07, 6.45) is 2.96. The molecular formula is C22H22N4O3S2. The molecule has 3 aromatic heterocycles. The van der Waals surface area contributed by atoms with Gasteiger partial charge in [-0.15, -0.1) is 21.5 Å². The number of carbonyl (C=O) groups excluding carboxylic acids is 1. The zero-order valence-corrected chi connectivity index (χ0v) is 19.0. The Kier molecular flexibility index (Phi) is 5.31. The van der Waals surface area contributed by atoms with Gasteiger partial charge in [0.15, 0.2) is 5.16 Å². The Morgan fingerprint density at radius 1 is 1.29 bits per heavy atom. The Bertz CT molecular complexity index is 1340. The van der Waals surface area contributed by atoms with E-state index in [1.807, 2.05) is 34.7 Å². The lowest BCUT2D eigenvalue weighted by atomic mass is 9.89. The lowest BCUT2D eigenvalue weighted by Gasteiger charge is -2.17. The summed E-state index contributed by atoms with van der Waals surface area (Å²) in [6, 6.07) is 9.52. The second kappa shape index (κ2) is 8.12. The van der Waals surface area contributed by atoms with Crippen LogP contribution in [0.5, 0.6) is 0 Å². The minimum absolute atomic E-state index is 0.0601. The number of thiophene rings is 1. The Morgan fingerprint density at radius 2 is 2.10 bits per heavy atom. The number of hydrogen-bond donors (Lipinski definition) is 0. The number of hydrogen-bond acceptors (Lipinski definition) is 7. The van der Waals surface area contributed by atoms with Crippen LogP contribution in [0.4, 0.5) is 0 Å². The number of ether oxygens (including phenoxy) is 1. The van der Waals surface area contributed by atoms with Crippen molar-refractivity contribution in [3.8, 4) is 5.69 Å². The van der Waals surface area contributed by atoms with Gasteiger partial charge in [-0.3, -0.25) is 9.59 Å². The highest BCUT2D eigenvalue weighted by molar-refractivity contribution is 7.99. The number of benzene rings is 1. The van der Waals surface area contributed by atoms with Gasteiger partial charge in [-0.25, -0.2) is 8.97 Å². The van der Waals surface area contributed by atoms with Crippen molar-refractivity contribution in [2.75, 3.05) is 12.4 Å². The molecule has 160 valence electrons. The van der Waals surface area contributed by atoms with Crippen LogP contribution in [0, 0.1) is 5.92 Å². The fourth-order valence-electron chi connectivity index (χ4n) is 4.13. The number of aromatic nitrogens is 4.